The fourth-order valence-electron chi connectivity index (χ4n) is 2.38. The second-order valence-electron chi connectivity index (χ2n) is 5.50. The van der Waals surface area contributed by atoms with Gasteiger partial charge < -0.3 is 10.6 Å². The van der Waals surface area contributed by atoms with Crippen LogP contribution in [0.1, 0.15) is 43.0 Å². The molecule has 1 aromatic rings. The van der Waals surface area contributed by atoms with Crippen molar-refractivity contribution in [2.24, 2.45) is 5.92 Å². The Labute approximate surface area is 124 Å². The van der Waals surface area contributed by atoms with E-state index in [1.54, 1.807) is 13.1 Å². The van der Waals surface area contributed by atoms with Crippen LogP contribution in [0.4, 0.5) is 11.4 Å². The number of rotatable bonds is 7. The number of anilines is 1. The second kappa shape index (κ2) is 6.56. The molecule has 2 rings (SSSR count). The molecule has 0 saturated heterocycles. The van der Waals surface area contributed by atoms with Crippen LogP contribution in [0.25, 0.3) is 0 Å². The molecule has 0 aliphatic heterocycles. The minimum Gasteiger partial charge on any atom is -0.388 e. The van der Waals surface area contributed by atoms with Gasteiger partial charge in [-0.25, -0.2) is 0 Å². The van der Waals surface area contributed by atoms with Gasteiger partial charge in [-0.3, -0.25) is 14.9 Å². The number of nitrogens with zero attached hydrogens (tertiary/aromatic N) is 1. The highest BCUT2D eigenvalue weighted by Gasteiger charge is 2.27. The fourth-order valence-corrected chi connectivity index (χ4v) is 2.38. The van der Waals surface area contributed by atoms with Gasteiger partial charge in [-0.15, -0.1) is 0 Å². The van der Waals surface area contributed by atoms with E-state index in [1.165, 1.54) is 25.0 Å². The van der Waals surface area contributed by atoms with Gasteiger partial charge in [0.05, 0.1) is 4.92 Å². The summed E-state index contributed by atoms with van der Waals surface area (Å²) in [7, 11) is 1.71. The molecule has 1 aromatic carbocycles. The predicted octanol–water partition coefficient (Wildman–Crippen LogP) is 2.95. The van der Waals surface area contributed by atoms with Crippen molar-refractivity contribution in [3.63, 3.8) is 0 Å². The molecule has 1 amide bonds. The van der Waals surface area contributed by atoms with Gasteiger partial charge >= 0.3 is 0 Å². The molecule has 114 valence electrons. The summed E-state index contributed by atoms with van der Waals surface area (Å²) in [5.74, 6) is 0.333. The van der Waals surface area contributed by atoms with Crippen LogP contribution < -0.4 is 10.6 Å². The van der Waals surface area contributed by atoms with Crippen LogP contribution in [0.15, 0.2) is 18.2 Å². The van der Waals surface area contributed by atoms with Crippen molar-refractivity contribution in [2.45, 2.75) is 38.6 Å². The molecule has 1 aliphatic rings. The van der Waals surface area contributed by atoms with Crippen molar-refractivity contribution in [1.29, 1.82) is 0 Å². The van der Waals surface area contributed by atoms with E-state index in [0.29, 0.717) is 11.6 Å². The largest absolute Gasteiger partial charge is 0.388 e. The van der Waals surface area contributed by atoms with Gasteiger partial charge in [0.2, 0.25) is 0 Å². The standard InChI is InChI=1S/C15H21N3O3/c1-3-11(8-10-4-5-10)17-15(19)13-9-12(16-2)6-7-14(13)18(20)21/h6-7,9-11,16H,3-5,8H2,1-2H3,(H,17,19). The van der Waals surface area contributed by atoms with Crippen molar-refractivity contribution in [2.75, 3.05) is 12.4 Å². The van der Waals surface area contributed by atoms with Gasteiger partial charge in [0.15, 0.2) is 0 Å². The third kappa shape index (κ3) is 3.93. The maximum atomic E-state index is 12.4. The Balaban J connectivity index is 2.17. The van der Waals surface area contributed by atoms with E-state index in [1.807, 2.05) is 6.92 Å². The highest BCUT2D eigenvalue weighted by molar-refractivity contribution is 5.99. The monoisotopic (exact) mass is 291 g/mol. The first-order valence-corrected chi connectivity index (χ1v) is 7.32. The Hall–Kier alpha value is -2.11. The third-order valence-electron chi connectivity index (χ3n) is 3.87. The summed E-state index contributed by atoms with van der Waals surface area (Å²) in [6, 6.07) is 4.57. The van der Waals surface area contributed by atoms with Crippen molar-refractivity contribution < 1.29 is 9.72 Å². The van der Waals surface area contributed by atoms with Crippen molar-refractivity contribution in [3.05, 3.63) is 33.9 Å². The molecular formula is C15H21N3O3. The molecule has 1 unspecified atom stereocenters. The quantitative estimate of drug-likeness (QED) is 0.597. The number of nitro benzene ring substituents is 1. The van der Waals surface area contributed by atoms with Crippen LogP contribution in [0.3, 0.4) is 0 Å². The number of carbonyl (C=O) groups excluding carboxylic acids is 1. The minimum absolute atomic E-state index is 0.0860. The lowest BCUT2D eigenvalue weighted by Crippen LogP contribution is -2.35. The minimum atomic E-state index is -0.518. The highest BCUT2D eigenvalue weighted by Crippen LogP contribution is 2.34. The normalized spacial score (nSPS) is 15.3. The molecule has 2 N–H and O–H groups in total. The SMILES string of the molecule is CCC(CC1CC1)NC(=O)c1cc(NC)ccc1[N+](=O)[O-]. The van der Waals surface area contributed by atoms with Gasteiger partial charge in [-0.2, -0.15) is 0 Å². The van der Waals surface area contributed by atoms with Gasteiger partial charge in [0, 0.05) is 24.8 Å². The van der Waals surface area contributed by atoms with Gasteiger partial charge in [-0.1, -0.05) is 19.8 Å². The first kappa shape index (κ1) is 15.3. The van der Waals surface area contributed by atoms with Crippen molar-refractivity contribution in [3.8, 4) is 0 Å². The number of benzene rings is 1. The lowest BCUT2D eigenvalue weighted by Gasteiger charge is -2.17. The summed E-state index contributed by atoms with van der Waals surface area (Å²) < 4.78 is 0. The van der Waals surface area contributed by atoms with Crippen molar-refractivity contribution >= 4 is 17.3 Å². The van der Waals surface area contributed by atoms with E-state index >= 15 is 0 Å². The summed E-state index contributed by atoms with van der Waals surface area (Å²) in [6.07, 6.45) is 4.24. The van der Waals surface area contributed by atoms with Crippen LogP contribution in [0.5, 0.6) is 0 Å². The Morgan fingerprint density at radius 3 is 2.71 bits per heavy atom. The molecule has 0 bridgehead atoms. The molecule has 6 heteroatoms. The molecule has 1 fully saturated rings. The lowest BCUT2D eigenvalue weighted by molar-refractivity contribution is -0.385. The average Bonchev–Trinajstić information content (AvgIpc) is 3.29. The number of nitrogens with one attached hydrogen (secondary N) is 2. The summed E-state index contributed by atoms with van der Waals surface area (Å²) >= 11 is 0. The van der Waals surface area contributed by atoms with Crippen molar-refractivity contribution in [1.82, 2.24) is 5.32 Å². The van der Waals surface area contributed by atoms with E-state index in [-0.39, 0.29) is 23.2 Å². The zero-order chi connectivity index (χ0) is 15.4. The molecular weight excluding hydrogens is 270 g/mol. The average molecular weight is 291 g/mol. The van der Waals surface area contributed by atoms with Crippen LogP contribution in [-0.4, -0.2) is 23.9 Å². The second-order valence-corrected chi connectivity index (χ2v) is 5.50. The molecule has 0 heterocycles. The first-order valence-electron chi connectivity index (χ1n) is 7.32. The number of hydrogen-bond donors (Lipinski definition) is 2. The zero-order valence-electron chi connectivity index (χ0n) is 12.4. The number of hydrogen-bond acceptors (Lipinski definition) is 4. The van der Waals surface area contributed by atoms with E-state index in [0.717, 1.165) is 12.8 Å². The van der Waals surface area contributed by atoms with Crippen LogP contribution >= 0.6 is 0 Å². The van der Waals surface area contributed by atoms with E-state index in [2.05, 4.69) is 10.6 Å². The van der Waals surface area contributed by atoms with Crippen LogP contribution in [-0.2, 0) is 0 Å². The van der Waals surface area contributed by atoms with E-state index in [9.17, 15) is 14.9 Å². The summed E-state index contributed by atoms with van der Waals surface area (Å²) in [4.78, 5) is 22.9. The maximum absolute atomic E-state index is 12.4. The topological polar surface area (TPSA) is 84.3 Å². The summed E-state index contributed by atoms with van der Waals surface area (Å²) in [5.41, 5.74) is 0.634. The number of amides is 1. The smallest absolute Gasteiger partial charge is 0.282 e. The maximum Gasteiger partial charge on any atom is 0.282 e. The molecule has 1 saturated carbocycles. The molecule has 6 nitrogen and oxygen atoms in total. The Morgan fingerprint density at radius 2 is 2.19 bits per heavy atom. The molecule has 21 heavy (non-hydrogen) atoms. The zero-order valence-corrected chi connectivity index (χ0v) is 12.4. The van der Waals surface area contributed by atoms with Gasteiger partial charge in [0.25, 0.3) is 11.6 Å². The molecule has 0 aromatic heterocycles. The third-order valence-corrected chi connectivity index (χ3v) is 3.87. The van der Waals surface area contributed by atoms with Gasteiger partial charge in [-0.05, 0) is 30.9 Å². The Kier molecular flexibility index (Phi) is 4.77. The molecule has 0 radical (unpaired) electrons. The van der Waals surface area contributed by atoms with Crippen LogP contribution in [0, 0.1) is 16.0 Å². The van der Waals surface area contributed by atoms with E-state index < -0.39 is 4.92 Å². The summed E-state index contributed by atoms with van der Waals surface area (Å²) in [5, 5.41) is 16.9. The Morgan fingerprint density at radius 1 is 1.48 bits per heavy atom. The van der Waals surface area contributed by atoms with Crippen LogP contribution in [0.2, 0.25) is 0 Å². The fraction of sp³-hybridized carbons (Fsp3) is 0.533. The Bertz CT molecular complexity index is 541. The van der Waals surface area contributed by atoms with E-state index in [4.69, 9.17) is 0 Å². The number of nitro groups is 1. The highest BCUT2D eigenvalue weighted by atomic mass is 16.6. The lowest BCUT2D eigenvalue weighted by atomic mass is 10.1. The molecule has 0 spiro atoms. The predicted molar refractivity (Wildman–Crippen MR) is 81.5 cm³/mol. The molecule has 1 atom stereocenters. The summed E-state index contributed by atoms with van der Waals surface area (Å²) in [6.45, 7) is 2.02. The molecule has 1 aliphatic carbocycles. The first-order chi connectivity index (χ1) is 10.0. The van der Waals surface area contributed by atoms with Gasteiger partial charge in [0.1, 0.15) is 5.56 Å². The number of carbonyl (C=O) groups is 1.